The smallest absolute Gasteiger partial charge is 0.254 e. The molecule has 0 radical (unpaired) electrons. The van der Waals surface area contributed by atoms with Gasteiger partial charge in [0.2, 0.25) is 0 Å². The van der Waals surface area contributed by atoms with Gasteiger partial charge in [-0.05, 0) is 13.8 Å². The van der Waals surface area contributed by atoms with Crippen LogP contribution in [-0.4, -0.2) is 27.1 Å². The Hall–Kier alpha value is -1.49. The monoisotopic (exact) mass is 181 g/mol. The van der Waals surface area contributed by atoms with Crippen molar-refractivity contribution in [3.8, 4) is 0 Å². The molecular weight excluding hydrogens is 170 g/mol. The number of carbonyl (C=O) groups excluding carboxylic acids is 1. The fourth-order valence-corrected chi connectivity index (χ4v) is 0.688. The fraction of sp³-hybridized carbons (Fsp3) is 0.375. The van der Waals surface area contributed by atoms with E-state index >= 15 is 0 Å². The Bertz CT molecular complexity index is 295. The van der Waals surface area contributed by atoms with E-state index in [1.165, 1.54) is 19.3 Å². The number of aromatic nitrogens is 2. The van der Waals surface area contributed by atoms with Gasteiger partial charge in [-0.15, -0.1) is 0 Å². The van der Waals surface area contributed by atoms with Crippen LogP contribution in [0.2, 0.25) is 0 Å². The molecule has 0 aromatic carbocycles. The topological polar surface area (TPSA) is 75.1 Å². The first-order valence-corrected chi connectivity index (χ1v) is 3.87. The second kappa shape index (κ2) is 3.95. The summed E-state index contributed by atoms with van der Waals surface area (Å²) in [6.07, 6.45) is 1.94. The molecule has 1 atom stereocenters. The third kappa shape index (κ3) is 2.79. The fourth-order valence-electron chi connectivity index (χ4n) is 0.688. The average molecular weight is 181 g/mol. The largest absolute Gasteiger partial charge is 0.384 e. The molecule has 70 valence electrons. The van der Waals surface area contributed by atoms with Gasteiger partial charge in [-0.25, -0.2) is 4.98 Å². The highest BCUT2D eigenvalue weighted by molar-refractivity contribution is 5.92. The Kier molecular flexibility index (Phi) is 2.92. The summed E-state index contributed by atoms with van der Waals surface area (Å²) >= 11 is 0. The minimum Gasteiger partial charge on any atom is -0.384 e. The van der Waals surface area contributed by atoms with Crippen LogP contribution in [0.25, 0.3) is 0 Å². The molecule has 2 N–H and O–H groups in total. The quantitative estimate of drug-likeness (QED) is 0.678. The number of nitrogens with one attached hydrogen (secondary N) is 1. The van der Waals surface area contributed by atoms with Crippen LogP contribution in [0.3, 0.4) is 0 Å². The van der Waals surface area contributed by atoms with E-state index in [1.807, 2.05) is 0 Å². The Balaban J connectivity index is 2.65. The molecule has 13 heavy (non-hydrogen) atoms. The van der Waals surface area contributed by atoms with Crippen molar-refractivity contribution in [1.29, 1.82) is 0 Å². The summed E-state index contributed by atoms with van der Waals surface area (Å²) in [5.41, 5.74) is 0.773. The highest BCUT2D eigenvalue weighted by Gasteiger charge is 2.08. The van der Waals surface area contributed by atoms with Gasteiger partial charge in [-0.1, -0.05) is 0 Å². The number of rotatable bonds is 2. The molecule has 0 spiro atoms. The van der Waals surface area contributed by atoms with E-state index < -0.39 is 12.0 Å². The van der Waals surface area contributed by atoms with Gasteiger partial charge in [0.1, 0.15) is 6.10 Å². The number of carbonyl (C=O) groups is 1. The molecule has 0 aliphatic rings. The third-order valence-electron chi connectivity index (χ3n) is 1.41. The zero-order valence-electron chi connectivity index (χ0n) is 7.48. The SMILES string of the molecule is Cc1cnc(NC(=O)C(C)O)cn1. The Morgan fingerprint density at radius 3 is 2.69 bits per heavy atom. The molecule has 0 bridgehead atoms. The van der Waals surface area contributed by atoms with E-state index in [0.717, 1.165) is 5.69 Å². The minimum atomic E-state index is -1.04. The van der Waals surface area contributed by atoms with Crippen LogP contribution in [0.5, 0.6) is 0 Å². The van der Waals surface area contributed by atoms with Gasteiger partial charge in [0.25, 0.3) is 5.91 Å². The number of nitrogens with zero attached hydrogens (tertiary/aromatic N) is 2. The number of aliphatic hydroxyl groups is 1. The molecule has 0 aliphatic carbocycles. The molecule has 1 amide bonds. The van der Waals surface area contributed by atoms with Crippen LogP contribution in [0.15, 0.2) is 12.4 Å². The molecule has 1 aromatic heterocycles. The second-order valence-corrected chi connectivity index (χ2v) is 2.71. The van der Waals surface area contributed by atoms with E-state index in [-0.39, 0.29) is 0 Å². The number of hydrogen-bond donors (Lipinski definition) is 2. The summed E-state index contributed by atoms with van der Waals surface area (Å²) < 4.78 is 0. The van der Waals surface area contributed by atoms with E-state index in [4.69, 9.17) is 5.11 Å². The summed E-state index contributed by atoms with van der Waals surface area (Å²) in [6.45, 7) is 3.18. The van der Waals surface area contributed by atoms with Gasteiger partial charge in [-0.3, -0.25) is 9.78 Å². The summed E-state index contributed by atoms with van der Waals surface area (Å²) in [7, 11) is 0. The summed E-state index contributed by atoms with van der Waals surface area (Å²) in [6, 6.07) is 0. The molecular formula is C8H11N3O2. The van der Waals surface area contributed by atoms with Crippen molar-refractivity contribution < 1.29 is 9.90 Å². The highest BCUT2D eigenvalue weighted by Crippen LogP contribution is 2.00. The van der Waals surface area contributed by atoms with Crippen LogP contribution in [0.4, 0.5) is 5.82 Å². The molecule has 0 saturated heterocycles. The number of aliphatic hydroxyl groups excluding tert-OH is 1. The standard InChI is InChI=1S/C8H11N3O2/c1-5-3-10-7(4-9-5)11-8(13)6(2)12/h3-4,6,12H,1-2H3,(H,10,11,13). The summed E-state index contributed by atoms with van der Waals surface area (Å²) in [4.78, 5) is 18.8. The average Bonchev–Trinajstić information content (AvgIpc) is 2.08. The van der Waals surface area contributed by atoms with Gasteiger partial charge in [-0.2, -0.15) is 0 Å². The molecule has 5 nitrogen and oxygen atoms in total. The van der Waals surface area contributed by atoms with Crippen molar-refractivity contribution in [3.05, 3.63) is 18.1 Å². The van der Waals surface area contributed by atoms with Crippen molar-refractivity contribution in [2.75, 3.05) is 5.32 Å². The first-order valence-electron chi connectivity index (χ1n) is 3.87. The van der Waals surface area contributed by atoms with Crippen LogP contribution >= 0.6 is 0 Å². The normalized spacial score (nSPS) is 12.2. The lowest BCUT2D eigenvalue weighted by molar-refractivity contribution is -0.123. The molecule has 1 rings (SSSR count). The number of aryl methyl sites for hydroxylation is 1. The van der Waals surface area contributed by atoms with Gasteiger partial charge in [0, 0.05) is 0 Å². The van der Waals surface area contributed by atoms with Crippen LogP contribution in [-0.2, 0) is 4.79 Å². The molecule has 0 fully saturated rings. The van der Waals surface area contributed by atoms with Gasteiger partial charge >= 0.3 is 0 Å². The van der Waals surface area contributed by atoms with E-state index in [2.05, 4.69) is 15.3 Å². The summed E-state index contributed by atoms with van der Waals surface area (Å²) in [5.74, 6) is -0.144. The number of amides is 1. The van der Waals surface area contributed by atoms with Crippen LogP contribution < -0.4 is 5.32 Å². The van der Waals surface area contributed by atoms with Crippen molar-refractivity contribution in [2.45, 2.75) is 20.0 Å². The highest BCUT2D eigenvalue weighted by atomic mass is 16.3. The molecule has 5 heteroatoms. The molecule has 1 unspecified atom stereocenters. The molecule has 1 aromatic rings. The van der Waals surface area contributed by atoms with Gasteiger partial charge in [0.05, 0.1) is 18.1 Å². The number of anilines is 1. The lowest BCUT2D eigenvalue weighted by atomic mass is 10.4. The van der Waals surface area contributed by atoms with Crippen LogP contribution in [0.1, 0.15) is 12.6 Å². The van der Waals surface area contributed by atoms with Gasteiger partial charge in [0.15, 0.2) is 5.82 Å². The van der Waals surface area contributed by atoms with E-state index in [1.54, 1.807) is 6.92 Å². The zero-order valence-corrected chi connectivity index (χ0v) is 7.48. The number of hydrogen-bond acceptors (Lipinski definition) is 4. The first-order chi connectivity index (χ1) is 6.09. The molecule has 1 heterocycles. The zero-order chi connectivity index (χ0) is 9.84. The Labute approximate surface area is 75.8 Å². The lowest BCUT2D eigenvalue weighted by Gasteiger charge is -2.05. The third-order valence-corrected chi connectivity index (χ3v) is 1.41. The maximum atomic E-state index is 11.0. The van der Waals surface area contributed by atoms with Crippen molar-refractivity contribution in [3.63, 3.8) is 0 Å². The Morgan fingerprint density at radius 2 is 2.23 bits per heavy atom. The van der Waals surface area contributed by atoms with Crippen LogP contribution in [0, 0.1) is 6.92 Å². The lowest BCUT2D eigenvalue weighted by Crippen LogP contribution is -2.25. The Morgan fingerprint density at radius 1 is 1.54 bits per heavy atom. The van der Waals surface area contributed by atoms with E-state index in [9.17, 15) is 4.79 Å². The molecule has 0 saturated carbocycles. The van der Waals surface area contributed by atoms with Crippen molar-refractivity contribution in [1.82, 2.24) is 9.97 Å². The predicted molar refractivity (Wildman–Crippen MR) is 47.1 cm³/mol. The second-order valence-electron chi connectivity index (χ2n) is 2.71. The van der Waals surface area contributed by atoms with Crippen molar-refractivity contribution in [2.24, 2.45) is 0 Å². The summed E-state index contributed by atoms with van der Waals surface area (Å²) in [5, 5.41) is 11.3. The predicted octanol–water partition coefficient (Wildman–Crippen LogP) is 0.104. The van der Waals surface area contributed by atoms with Crippen molar-refractivity contribution >= 4 is 11.7 Å². The minimum absolute atomic E-state index is 0.344. The maximum Gasteiger partial charge on any atom is 0.254 e. The molecule has 0 aliphatic heterocycles. The van der Waals surface area contributed by atoms with E-state index in [0.29, 0.717) is 5.82 Å². The van der Waals surface area contributed by atoms with Gasteiger partial charge < -0.3 is 10.4 Å². The first kappa shape index (κ1) is 9.60. The maximum absolute atomic E-state index is 11.0.